The summed E-state index contributed by atoms with van der Waals surface area (Å²) in [6, 6.07) is 0. The number of aliphatic hydroxyl groups excluding tert-OH is 2. The molecule has 0 aromatic heterocycles. The minimum Gasteiger partial charge on any atom is -0.394 e. The van der Waals surface area contributed by atoms with Crippen LogP contribution in [0.4, 0.5) is 0 Å². The topological polar surface area (TPSA) is 92.8 Å². The Morgan fingerprint density at radius 2 is 1.77 bits per heavy atom. The predicted molar refractivity (Wildman–Crippen MR) is 49.3 cm³/mol. The molecule has 0 amide bonds. The smallest absolute Gasteiger partial charge is 0.120 e. The van der Waals surface area contributed by atoms with Crippen molar-refractivity contribution in [3.05, 3.63) is 0 Å². The molecule has 0 aliphatic carbocycles. The van der Waals surface area contributed by atoms with Crippen molar-refractivity contribution >= 4 is 6.29 Å². The Hall–Kier alpha value is -0.490. The molecule has 0 atom stereocenters. The van der Waals surface area contributed by atoms with Gasteiger partial charge in [-0.25, -0.2) is 0 Å². The van der Waals surface area contributed by atoms with E-state index in [0.29, 0.717) is 26.2 Å². The predicted octanol–water partition coefficient (Wildman–Crippen LogP) is -1.09. The van der Waals surface area contributed by atoms with Gasteiger partial charge in [-0.3, -0.25) is 0 Å². The molecule has 0 heterocycles. The minimum absolute atomic E-state index is 0.0278. The van der Waals surface area contributed by atoms with Crippen LogP contribution in [0, 0.1) is 0 Å². The highest BCUT2D eigenvalue weighted by atomic mass is 16.5. The monoisotopic (exact) mass is 193 g/mol. The van der Waals surface area contributed by atoms with Crippen LogP contribution in [0.15, 0.2) is 0 Å². The van der Waals surface area contributed by atoms with Crippen molar-refractivity contribution in [1.29, 1.82) is 0 Å². The number of hydrogen-bond acceptors (Lipinski definition) is 5. The maximum absolute atomic E-state index is 9.51. The van der Waals surface area contributed by atoms with Gasteiger partial charge in [-0.2, -0.15) is 0 Å². The van der Waals surface area contributed by atoms with Crippen molar-refractivity contribution in [3.8, 4) is 0 Å². The van der Waals surface area contributed by atoms with E-state index in [4.69, 9.17) is 15.9 Å². The number of rotatable bonds is 7. The molecule has 0 unspecified atom stereocenters. The Morgan fingerprint density at radius 1 is 1.23 bits per heavy atom. The Bertz CT molecular complexity index is 86.2. The Labute approximate surface area is 78.5 Å². The van der Waals surface area contributed by atoms with Crippen LogP contribution < -0.4 is 5.73 Å². The van der Waals surface area contributed by atoms with Crippen LogP contribution >= 0.6 is 0 Å². The molecule has 0 saturated carbocycles. The van der Waals surface area contributed by atoms with E-state index in [1.54, 1.807) is 0 Å². The molecule has 0 spiro atoms. The summed E-state index contributed by atoms with van der Waals surface area (Å²) in [4.78, 5) is 9.51. The lowest BCUT2D eigenvalue weighted by Gasteiger charge is -1.94. The van der Waals surface area contributed by atoms with Gasteiger partial charge in [0.05, 0.1) is 26.4 Å². The number of carbonyl (C=O) groups excluding carboxylic acids is 1. The molecule has 0 aromatic carbocycles. The molecule has 5 heteroatoms. The second kappa shape index (κ2) is 17.6. The third kappa shape index (κ3) is 24.6. The van der Waals surface area contributed by atoms with Gasteiger partial charge >= 0.3 is 0 Å². The summed E-state index contributed by atoms with van der Waals surface area (Å²) >= 11 is 0. The normalized spacial score (nSPS) is 8.85. The van der Waals surface area contributed by atoms with Gasteiger partial charge in [-0.15, -0.1) is 0 Å². The SMILES string of the molecule is NCCCC=O.OCCOCCO. The first-order valence-electron chi connectivity index (χ1n) is 4.26. The van der Waals surface area contributed by atoms with E-state index >= 15 is 0 Å². The van der Waals surface area contributed by atoms with Crippen LogP contribution in [-0.2, 0) is 9.53 Å². The van der Waals surface area contributed by atoms with E-state index in [0.717, 1.165) is 12.7 Å². The number of aldehydes is 1. The lowest BCUT2D eigenvalue weighted by Crippen LogP contribution is -2.03. The Kier molecular flexibility index (Phi) is 20.3. The molecule has 0 bridgehead atoms. The molecule has 80 valence electrons. The van der Waals surface area contributed by atoms with Gasteiger partial charge in [0.25, 0.3) is 0 Å². The van der Waals surface area contributed by atoms with E-state index in [1.807, 2.05) is 0 Å². The molecular formula is C8H19NO4. The number of aliphatic hydroxyl groups is 2. The van der Waals surface area contributed by atoms with Gasteiger partial charge in [-0.1, -0.05) is 0 Å². The van der Waals surface area contributed by atoms with Crippen molar-refractivity contribution in [1.82, 2.24) is 0 Å². The first-order chi connectivity index (χ1) is 6.33. The van der Waals surface area contributed by atoms with Crippen LogP contribution in [0.2, 0.25) is 0 Å². The summed E-state index contributed by atoms with van der Waals surface area (Å²) in [6.45, 7) is 1.32. The van der Waals surface area contributed by atoms with E-state index in [1.165, 1.54) is 0 Å². The number of carbonyl (C=O) groups is 1. The second-order valence-electron chi connectivity index (χ2n) is 2.16. The third-order valence-electron chi connectivity index (χ3n) is 0.997. The van der Waals surface area contributed by atoms with E-state index < -0.39 is 0 Å². The van der Waals surface area contributed by atoms with Crippen molar-refractivity contribution < 1.29 is 19.7 Å². The van der Waals surface area contributed by atoms with Gasteiger partial charge in [0.2, 0.25) is 0 Å². The van der Waals surface area contributed by atoms with Crippen LogP contribution in [0.5, 0.6) is 0 Å². The van der Waals surface area contributed by atoms with Crippen LogP contribution in [0.25, 0.3) is 0 Å². The summed E-state index contributed by atoms with van der Waals surface area (Å²) in [5, 5.41) is 16.2. The molecule has 0 aromatic rings. The highest BCUT2D eigenvalue weighted by Crippen LogP contribution is 1.75. The number of unbranched alkanes of at least 4 members (excludes halogenated alkanes) is 1. The average Bonchev–Trinajstić information content (AvgIpc) is 2.17. The zero-order chi connectivity index (χ0) is 10.4. The van der Waals surface area contributed by atoms with E-state index in [2.05, 4.69) is 4.74 Å². The minimum atomic E-state index is 0.0278. The van der Waals surface area contributed by atoms with Crippen LogP contribution in [0.3, 0.4) is 0 Å². The zero-order valence-corrected chi connectivity index (χ0v) is 7.82. The molecule has 0 radical (unpaired) electrons. The second-order valence-corrected chi connectivity index (χ2v) is 2.16. The zero-order valence-electron chi connectivity index (χ0n) is 7.82. The number of nitrogens with two attached hydrogens (primary N) is 1. The summed E-state index contributed by atoms with van der Waals surface area (Å²) < 4.78 is 4.63. The van der Waals surface area contributed by atoms with Crippen molar-refractivity contribution in [2.75, 3.05) is 33.0 Å². The third-order valence-corrected chi connectivity index (χ3v) is 0.997. The molecule has 13 heavy (non-hydrogen) atoms. The van der Waals surface area contributed by atoms with Gasteiger partial charge in [0.15, 0.2) is 0 Å². The molecule has 0 aliphatic rings. The first-order valence-corrected chi connectivity index (χ1v) is 4.26. The lowest BCUT2D eigenvalue weighted by molar-refractivity contribution is -0.107. The highest BCUT2D eigenvalue weighted by Gasteiger charge is 1.79. The molecule has 5 nitrogen and oxygen atoms in total. The van der Waals surface area contributed by atoms with Gasteiger partial charge in [0, 0.05) is 6.42 Å². The number of ether oxygens (including phenoxy) is 1. The van der Waals surface area contributed by atoms with Crippen LogP contribution in [-0.4, -0.2) is 49.5 Å². The summed E-state index contributed by atoms with van der Waals surface area (Å²) in [5.74, 6) is 0. The fraction of sp³-hybridized carbons (Fsp3) is 0.875. The number of hydrogen-bond donors (Lipinski definition) is 3. The Morgan fingerprint density at radius 3 is 2.00 bits per heavy atom. The molecule has 0 fully saturated rings. The molecular weight excluding hydrogens is 174 g/mol. The molecule has 4 N–H and O–H groups in total. The fourth-order valence-corrected chi connectivity index (χ4v) is 0.432. The van der Waals surface area contributed by atoms with Gasteiger partial charge < -0.3 is 25.5 Å². The maximum Gasteiger partial charge on any atom is 0.120 e. The quantitative estimate of drug-likeness (QED) is 0.353. The maximum atomic E-state index is 9.51. The average molecular weight is 193 g/mol. The molecule has 0 rings (SSSR count). The van der Waals surface area contributed by atoms with Crippen molar-refractivity contribution in [3.63, 3.8) is 0 Å². The molecule has 0 saturated heterocycles. The fourth-order valence-electron chi connectivity index (χ4n) is 0.432. The first kappa shape index (κ1) is 15.0. The summed E-state index contributed by atoms with van der Waals surface area (Å²) in [7, 11) is 0. The van der Waals surface area contributed by atoms with Gasteiger partial charge in [-0.05, 0) is 13.0 Å². The largest absolute Gasteiger partial charge is 0.394 e. The highest BCUT2D eigenvalue weighted by molar-refractivity contribution is 5.48. The van der Waals surface area contributed by atoms with Gasteiger partial charge in [0.1, 0.15) is 6.29 Å². The Balaban J connectivity index is 0. The van der Waals surface area contributed by atoms with E-state index in [-0.39, 0.29) is 13.2 Å². The van der Waals surface area contributed by atoms with Crippen molar-refractivity contribution in [2.45, 2.75) is 12.8 Å². The van der Waals surface area contributed by atoms with E-state index in [9.17, 15) is 4.79 Å². The van der Waals surface area contributed by atoms with Crippen molar-refractivity contribution in [2.24, 2.45) is 5.73 Å². The standard InChI is InChI=1S/C4H9NO.C4H10O3/c5-3-1-2-4-6;5-1-3-7-4-2-6/h4H,1-3,5H2;5-6H,1-4H2. The summed E-state index contributed by atoms with van der Waals surface area (Å²) in [5.41, 5.74) is 5.06. The lowest BCUT2D eigenvalue weighted by atomic mass is 10.3. The molecule has 0 aliphatic heterocycles. The van der Waals surface area contributed by atoms with Crippen LogP contribution in [0.1, 0.15) is 12.8 Å². The summed E-state index contributed by atoms with van der Waals surface area (Å²) in [6.07, 6.45) is 2.31.